The van der Waals surface area contributed by atoms with Crippen molar-refractivity contribution in [3.05, 3.63) is 23.8 Å². The SMILES string of the molecule is O=S(=O)(C1CC1)N1CCC(Nc2ncc3c(F)cc(C4CCCC4)n3n2)CC1. The van der Waals surface area contributed by atoms with Crippen LogP contribution in [0.15, 0.2) is 12.3 Å². The fourth-order valence-corrected chi connectivity index (χ4v) is 6.44. The first-order valence-corrected chi connectivity index (χ1v) is 11.8. The molecular weight excluding hydrogens is 381 g/mol. The Morgan fingerprint density at radius 2 is 1.79 bits per heavy atom. The van der Waals surface area contributed by atoms with Crippen molar-refractivity contribution < 1.29 is 12.8 Å². The normalized spacial score (nSPS) is 22.9. The van der Waals surface area contributed by atoms with Crippen LogP contribution >= 0.6 is 0 Å². The van der Waals surface area contributed by atoms with Gasteiger partial charge in [0, 0.05) is 30.7 Å². The second kappa shape index (κ2) is 6.95. The zero-order chi connectivity index (χ0) is 19.3. The molecule has 5 rings (SSSR count). The van der Waals surface area contributed by atoms with Crippen molar-refractivity contribution in [2.24, 2.45) is 0 Å². The fraction of sp³-hybridized carbons (Fsp3) is 0.684. The molecule has 0 aromatic carbocycles. The first kappa shape index (κ1) is 18.3. The predicted octanol–water partition coefficient (Wildman–Crippen LogP) is 2.89. The summed E-state index contributed by atoms with van der Waals surface area (Å²) in [5.41, 5.74) is 1.35. The molecule has 2 saturated carbocycles. The van der Waals surface area contributed by atoms with Crippen LogP contribution in [0.2, 0.25) is 0 Å². The molecule has 7 nitrogen and oxygen atoms in total. The molecule has 2 aromatic heterocycles. The number of halogens is 1. The molecule has 0 bridgehead atoms. The summed E-state index contributed by atoms with van der Waals surface area (Å²) in [5, 5.41) is 7.74. The summed E-state index contributed by atoms with van der Waals surface area (Å²) >= 11 is 0. The molecule has 152 valence electrons. The minimum atomic E-state index is -3.10. The van der Waals surface area contributed by atoms with Crippen molar-refractivity contribution in [2.75, 3.05) is 18.4 Å². The van der Waals surface area contributed by atoms with Gasteiger partial charge in [0.05, 0.1) is 11.4 Å². The Labute approximate surface area is 164 Å². The van der Waals surface area contributed by atoms with Gasteiger partial charge in [0.2, 0.25) is 16.0 Å². The van der Waals surface area contributed by atoms with Crippen molar-refractivity contribution in [1.29, 1.82) is 0 Å². The van der Waals surface area contributed by atoms with E-state index in [9.17, 15) is 12.8 Å². The standard InChI is InChI=1S/C19H26FN5O2S/c20-16-11-17(13-3-1-2-4-13)25-18(16)12-21-19(23-25)22-14-7-9-24(10-8-14)28(26,27)15-5-6-15/h11-15H,1-10H2,(H,22,23). The predicted molar refractivity (Wildman–Crippen MR) is 104 cm³/mol. The number of nitrogens with one attached hydrogen (secondary N) is 1. The van der Waals surface area contributed by atoms with Gasteiger partial charge in [-0.2, -0.15) is 0 Å². The van der Waals surface area contributed by atoms with E-state index in [0.717, 1.165) is 44.2 Å². The largest absolute Gasteiger partial charge is 0.350 e. The number of aromatic nitrogens is 3. The van der Waals surface area contributed by atoms with E-state index in [1.54, 1.807) is 14.9 Å². The maximum absolute atomic E-state index is 14.3. The minimum Gasteiger partial charge on any atom is -0.350 e. The van der Waals surface area contributed by atoms with Gasteiger partial charge in [0.25, 0.3) is 0 Å². The van der Waals surface area contributed by atoms with Gasteiger partial charge >= 0.3 is 0 Å². The van der Waals surface area contributed by atoms with E-state index in [2.05, 4.69) is 15.4 Å². The summed E-state index contributed by atoms with van der Waals surface area (Å²) < 4.78 is 42.4. The molecule has 1 N–H and O–H groups in total. The average molecular weight is 408 g/mol. The first-order valence-electron chi connectivity index (χ1n) is 10.3. The third kappa shape index (κ3) is 3.28. The number of piperidine rings is 1. The van der Waals surface area contributed by atoms with Gasteiger partial charge < -0.3 is 5.32 Å². The Bertz CT molecular complexity index is 974. The van der Waals surface area contributed by atoms with Crippen LogP contribution in [-0.4, -0.2) is 51.7 Å². The van der Waals surface area contributed by atoms with Crippen LogP contribution in [0.25, 0.3) is 5.52 Å². The van der Waals surface area contributed by atoms with Gasteiger partial charge in [-0.3, -0.25) is 0 Å². The number of anilines is 1. The third-order valence-electron chi connectivity index (χ3n) is 6.36. The summed E-state index contributed by atoms with van der Waals surface area (Å²) in [6, 6.07) is 1.73. The highest BCUT2D eigenvalue weighted by molar-refractivity contribution is 7.90. The molecule has 0 atom stereocenters. The summed E-state index contributed by atoms with van der Waals surface area (Å²) in [6.45, 7) is 1.06. The lowest BCUT2D eigenvalue weighted by molar-refractivity contribution is 0.328. The highest BCUT2D eigenvalue weighted by atomic mass is 32.2. The molecule has 0 unspecified atom stereocenters. The van der Waals surface area contributed by atoms with Crippen LogP contribution in [0.3, 0.4) is 0 Å². The molecule has 1 aliphatic heterocycles. The van der Waals surface area contributed by atoms with Crippen LogP contribution in [0.4, 0.5) is 10.3 Å². The fourth-order valence-electron chi connectivity index (χ4n) is 4.57. The Morgan fingerprint density at radius 3 is 2.46 bits per heavy atom. The van der Waals surface area contributed by atoms with Crippen molar-refractivity contribution >= 4 is 21.5 Å². The lowest BCUT2D eigenvalue weighted by Gasteiger charge is -2.31. The Kier molecular flexibility index (Phi) is 4.54. The number of nitrogens with zero attached hydrogens (tertiary/aromatic N) is 4. The Morgan fingerprint density at radius 1 is 1.07 bits per heavy atom. The van der Waals surface area contributed by atoms with Crippen molar-refractivity contribution in [1.82, 2.24) is 18.9 Å². The number of hydrogen-bond donors (Lipinski definition) is 1. The van der Waals surface area contributed by atoms with Crippen molar-refractivity contribution in [2.45, 2.75) is 68.6 Å². The van der Waals surface area contributed by atoms with Crippen LogP contribution in [0.5, 0.6) is 0 Å². The van der Waals surface area contributed by atoms with Crippen LogP contribution in [0.1, 0.15) is 63.0 Å². The monoisotopic (exact) mass is 407 g/mol. The third-order valence-corrected chi connectivity index (χ3v) is 8.76. The zero-order valence-electron chi connectivity index (χ0n) is 15.8. The van der Waals surface area contributed by atoms with Crippen LogP contribution in [0, 0.1) is 5.82 Å². The molecule has 28 heavy (non-hydrogen) atoms. The first-order chi connectivity index (χ1) is 13.5. The topological polar surface area (TPSA) is 79.6 Å². The molecule has 1 saturated heterocycles. The molecule has 0 amide bonds. The second-order valence-electron chi connectivity index (χ2n) is 8.34. The molecule has 2 aliphatic carbocycles. The highest BCUT2D eigenvalue weighted by Crippen LogP contribution is 2.36. The van der Waals surface area contributed by atoms with E-state index in [0.29, 0.717) is 30.5 Å². The van der Waals surface area contributed by atoms with Gasteiger partial charge in [0.15, 0.2) is 5.82 Å². The highest BCUT2D eigenvalue weighted by Gasteiger charge is 2.41. The van der Waals surface area contributed by atoms with E-state index in [-0.39, 0.29) is 17.1 Å². The molecule has 3 aliphatic rings. The maximum Gasteiger partial charge on any atom is 0.241 e. The zero-order valence-corrected chi connectivity index (χ0v) is 16.7. The number of hydrogen-bond acceptors (Lipinski definition) is 5. The Hall–Kier alpha value is -1.74. The summed E-state index contributed by atoms with van der Waals surface area (Å²) in [5.74, 6) is 0.563. The second-order valence-corrected chi connectivity index (χ2v) is 10.6. The van der Waals surface area contributed by atoms with Gasteiger partial charge in [-0.15, -0.1) is 5.10 Å². The smallest absolute Gasteiger partial charge is 0.241 e. The van der Waals surface area contributed by atoms with E-state index in [1.165, 1.54) is 19.0 Å². The lowest BCUT2D eigenvalue weighted by Crippen LogP contribution is -2.43. The van der Waals surface area contributed by atoms with Gasteiger partial charge in [-0.1, -0.05) is 12.8 Å². The van der Waals surface area contributed by atoms with E-state index >= 15 is 0 Å². The van der Waals surface area contributed by atoms with E-state index < -0.39 is 10.0 Å². The lowest BCUT2D eigenvalue weighted by atomic mass is 10.1. The van der Waals surface area contributed by atoms with Crippen molar-refractivity contribution in [3.63, 3.8) is 0 Å². The molecule has 0 spiro atoms. The van der Waals surface area contributed by atoms with Gasteiger partial charge in [-0.05, 0) is 44.6 Å². The summed E-state index contributed by atoms with van der Waals surface area (Å²) in [4.78, 5) is 4.29. The van der Waals surface area contributed by atoms with E-state index in [4.69, 9.17) is 0 Å². The maximum atomic E-state index is 14.3. The quantitative estimate of drug-likeness (QED) is 0.824. The number of rotatable bonds is 5. The van der Waals surface area contributed by atoms with Crippen molar-refractivity contribution in [3.8, 4) is 0 Å². The molecular formula is C19H26FN5O2S. The Balaban J connectivity index is 1.30. The molecule has 0 radical (unpaired) electrons. The molecule has 3 heterocycles. The summed E-state index contributed by atoms with van der Waals surface area (Å²) in [6.07, 6.45) is 9.09. The average Bonchev–Trinajstić information content (AvgIpc) is 3.33. The number of fused-ring (bicyclic) bond motifs is 1. The van der Waals surface area contributed by atoms with E-state index in [1.807, 2.05) is 0 Å². The van der Waals surface area contributed by atoms with Gasteiger partial charge in [-0.25, -0.2) is 26.6 Å². The summed E-state index contributed by atoms with van der Waals surface area (Å²) in [7, 11) is -3.10. The van der Waals surface area contributed by atoms with Crippen LogP contribution in [-0.2, 0) is 10.0 Å². The molecule has 3 fully saturated rings. The van der Waals surface area contributed by atoms with Crippen LogP contribution < -0.4 is 5.32 Å². The van der Waals surface area contributed by atoms with Gasteiger partial charge in [0.1, 0.15) is 5.52 Å². The minimum absolute atomic E-state index is 0.124. The molecule has 2 aromatic rings. The molecule has 9 heteroatoms. The number of sulfonamides is 1.